The zero-order valence-electron chi connectivity index (χ0n) is 12.0. The minimum atomic E-state index is -0.334. The molecule has 0 aliphatic heterocycles. The van der Waals surface area contributed by atoms with E-state index in [1.54, 1.807) is 48.5 Å². The summed E-state index contributed by atoms with van der Waals surface area (Å²) in [5, 5.41) is 3.40. The fourth-order valence-electron chi connectivity index (χ4n) is 2.11. The summed E-state index contributed by atoms with van der Waals surface area (Å²) in [6.07, 6.45) is 5.35. The maximum Gasteiger partial charge on any atom is 0.291 e. The Morgan fingerprint density at radius 2 is 1.87 bits per heavy atom. The van der Waals surface area contributed by atoms with E-state index in [9.17, 15) is 4.79 Å². The zero-order chi connectivity index (χ0) is 16.2. The summed E-state index contributed by atoms with van der Waals surface area (Å²) < 4.78 is 5.60. The molecule has 2 aromatic carbocycles. The third kappa shape index (κ3) is 3.45. The fourth-order valence-corrected chi connectivity index (χ4v) is 2.23. The molecule has 4 heteroatoms. The second-order valence-corrected chi connectivity index (χ2v) is 5.29. The van der Waals surface area contributed by atoms with Crippen LogP contribution in [-0.2, 0) is 0 Å². The first-order valence-electron chi connectivity index (χ1n) is 6.89. The van der Waals surface area contributed by atoms with E-state index in [0.717, 1.165) is 5.56 Å². The van der Waals surface area contributed by atoms with Crippen LogP contribution in [0.3, 0.4) is 0 Å². The van der Waals surface area contributed by atoms with Crippen LogP contribution >= 0.6 is 11.6 Å². The Bertz CT molecular complexity index is 888. The van der Waals surface area contributed by atoms with Gasteiger partial charge in [-0.25, -0.2) is 0 Å². The van der Waals surface area contributed by atoms with Crippen LogP contribution in [0.25, 0.3) is 11.3 Å². The number of carbonyl (C=O) groups is 1. The van der Waals surface area contributed by atoms with Crippen LogP contribution in [-0.4, -0.2) is 5.91 Å². The Labute approximate surface area is 138 Å². The van der Waals surface area contributed by atoms with E-state index in [1.165, 1.54) is 0 Å². The summed E-state index contributed by atoms with van der Waals surface area (Å²) in [4.78, 5) is 12.2. The number of benzene rings is 2. The van der Waals surface area contributed by atoms with Crippen LogP contribution in [0.15, 0.2) is 65.1 Å². The Balaban J connectivity index is 1.78. The molecule has 0 saturated heterocycles. The van der Waals surface area contributed by atoms with Crippen LogP contribution in [0.4, 0.5) is 5.69 Å². The summed E-state index contributed by atoms with van der Waals surface area (Å²) in [5.74, 6) is 3.02. The van der Waals surface area contributed by atoms with E-state index in [0.29, 0.717) is 22.0 Å². The van der Waals surface area contributed by atoms with Crippen molar-refractivity contribution in [3.8, 4) is 23.7 Å². The second kappa shape index (κ2) is 6.43. The van der Waals surface area contributed by atoms with Gasteiger partial charge in [0.25, 0.3) is 5.91 Å². The lowest BCUT2D eigenvalue weighted by molar-refractivity contribution is 0.0997. The first kappa shape index (κ1) is 15.0. The summed E-state index contributed by atoms with van der Waals surface area (Å²) >= 11 is 5.86. The SMILES string of the molecule is C#Cc1cccc(NC(=O)c2ccc(-c3ccc(Cl)cc3)o2)c1. The number of terminal acetylenes is 1. The Morgan fingerprint density at radius 1 is 1.09 bits per heavy atom. The molecule has 0 atom stereocenters. The van der Waals surface area contributed by atoms with Gasteiger partial charge in [-0.15, -0.1) is 6.42 Å². The molecule has 0 aliphatic carbocycles. The van der Waals surface area contributed by atoms with Gasteiger partial charge < -0.3 is 9.73 Å². The first-order chi connectivity index (χ1) is 11.2. The highest BCUT2D eigenvalue weighted by atomic mass is 35.5. The van der Waals surface area contributed by atoms with E-state index in [1.807, 2.05) is 12.1 Å². The summed E-state index contributed by atoms with van der Waals surface area (Å²) in [5.41, 5.74) is 2.17. The van der Waals surface area contributed by atoms with Crippen molar-refractivity contribution < 1.29 is 9.21 Å². The van der Waals surface area contributed by atoms with Gasteiger partial charge in [-0.1, -0.05) is 23.6 Å². The standard InChI is InChI=1S/C19H12ClNO2/c1-2-13-4-3-5-16(12-13)21-19(22)18-11-10-17(23-18)14-6-8-15(20)9-7-14/h1,3-12H,(H,21,22). The lowest BCUT2D eigenvalue weighted by atomic mass is 10.2. The molecular weight excluding hydrogens is 310 g/mol. The molecule has 112 valence electrons. The van der Waals surface area contributed by atoms with Crippen molar-refractivity contribution in [1.82, 2.24) is 0 Å². The number of carbonyl (C=O) groups excluding carboxylic acids is 1. The maximum atomic E-state index is 12.2. The van der Waals surface area contributed by atoms with Crippen LogP contribution in [0.2, 0.25) is 5.02 Å². The number of furan rings is 1. The molecule has 3 aromatic rings. The quantitative estimate of drug-likeness (QED) is 0.702. The normalized spacial score (nSPS) is 10.1. The summed E-state index contributed by atoms with van der Waals surface area (Å²) in [6.45, 7) is 0. The molecule has 3 rings (SSSR count). The number of nitrogens with one attached hydrogen (secondary N) is 1. The molecule has 1 heterocycles. The number of halogens is 1. The molecule has 0 radical (unpaired) electrons. The summed E-state index contributed by atoms with van der Waals surface area (Å²) in [6, 6.07) is 17.6. The minimum Gasteiger partial charge on any atom is -0.451 e. The van der Waals surface area contributed by atoms with Crippen molar-refractivity contribution in [3.05, 3.63) is 77.0 Å². The lowest BCUT2D eigenvalue weighted by Gasteiger charge is -2.03. The predicted octanol–water partition coefficient (Wildman–Crippen LogP) is 4.83. The van der Waals surface area contributed by atoms with Gasteiger partial charge in [0.15, 0.2) is 5.76 Å². The molecular formula is C19H12ClNO2. The molecule has 0 fully saturated rings. The number of hydrogen-bond acceptors (Lipinski definition) is 2. The van der Waals surface area contributed by atoms with Crippen LogP contribution in [0, 0.1) is 12.3 Å². The van der Waals surface area contributed by atoms with Crippen molar-refractivity contribution in [2.45, 2.75) is 0 Å². The maximum absolute atomic E-state index is 12.2. The van der Waals surface area contributed by atoms with E-state index in [2.05, 4.69) is 11.2 Å². The van der Waals surface area contributed by atoms with Gasteiger partial charge in [-0.05, 0) is 54.6 Å². The van der Waals surface area contributed by atoms with Gasteiger partial charge in [0.2, 0.25) is 0 Å². The van der Waals surface area contributed by atoms with Crippen molar-refractivity contribution >= 4 is 23.2 Å². The molecule has 3 nitrogen and oxygen atoms in total. The largest absolute Gasteiger partial charge is 0.451 e. The topological polar surface area (TPSA) is 42.2 Å². The second-order valence-electron chi connectivity index (χ2n) is 4.85. The predicted molar refractivity (Wildman–Crippen MR) is 91.5 cm³/mol. The van der Waals surface area contributed by atoms with Gasteiger partial charge in [0.05, 0.1) is 0 Å². The minimum absolute atomic E-state index is 0.223. The number of amides is 1. The third-order valence-electron chi connectivity index (χ3n) is 3.25. The van der Waals surface area contributed by atoms with Crippen molar-refractivity contribution in [2.24, 2.45) is 0 Å². The molecule has 0 spiro atoms. The average Bonchev–Trinajstić information content (AvgIpc) is 3.06. The van der Waals surface area contributed by atoms with Gasteiger partial charge in [-0.3, -0.25) is 4.79 Å². The monoisotopic (exact) mass is 321 g/mol. The highest BCUT2D eigenvalue weighted by molar-refractivity contribution is 6.30. The van der Waals surface area contributed by atoms with Gasteiger partial charge in [0, 0.05) is 21.8 Å². The van der Waals surface area contributed by atoms with Crippen LogP contribution < -0.4 is 5.32 Å². The van der Waals surface area contributed by atoms with E-state index in [-0.39, 0.29) is 11.7 Å². The van der Waals surface area contributed by atoms with Crippen LogP contribution in [0.5, 0.6) is 0 Å². The number of rotatable bonds is 3. The third-order valence-corrected chi connectivity index (χ3v) is 3.50. The number of anilines is 1. The van der Waals surface area contributed by atoms with E-state index in [4.69, 9.17) is 22.4 Å². The van der Waals surface area contributed by atoms with Crippen LogP contribution in [0.1, 0.15) is 16.1 Å². The highest BCUT2D eigenvalue weighted by Crippen LogP contribution is 2.24. The highest BCUT2D eigenvalue weighted by Gasteiger charge is 2.12. The molecule has 0 aliphatic rings. The summed E-state index contributed by atoms with van der Waals surface area (Å²) in [7, 11) is 0. The molecule has 0 saturated carbocycles. The Hall–Kier alpha value is -2.96. The molecule has 0 bridgehead atoms. The van der Waals surface area contributed by atoms with Crippen molar-refractivity contribution in [2.75, 3.05) is 5.32 Å². The number of hydrogen-bond donors (Lipinski definition) is 1. The molecule has 1 amide bonds. The van der Waals surface area contributed by atoms with E-state index >= 15 is 0 Å². The average molecular weight is 322 g/mol. The zero-order valence-corrected chi connectivity index (χ0v) is 12.8. The molecule has 0 unspecified atom stereocenters. The Morgan fingerprint density at radius 3 is 2.61 bits per heavy atom. The van der Waals surface area contributed by atoms with Gasteiger partial charge >= 0.3 is 0 Å². The Kier molecular flexibility index (Phi) is 4.18. The van der Waals surface area contributed by atoms with Gasteiger partial charge in [-0.2, -0.15) is 0 Å². The lowest BCUT2D eigenvalue weighted by Crippen LogP contribution is -2.10. The molecule has 1 N–H and O–H groups in total. The molecule has 23 heavy (non-hydrogen) atoms. The fraction of sp³-hybridized carbons (Fsp3) is 0. The smallest absolute Gasteiger partial charge is 0.291 e. The first-order valence-corrected chi connectivity index (χ1v) is 7.27. The van der Waals surface area contributed by atoms with Gasteiger partial charge in [0.1, 0.15) is 5.76 Å². The van der Waals surface area contributed by atoms with Crippen molar-refractivity contribution in [3.63, 3.8) is 0 Å². The van der Waals surface area contributed by atoms with Crippen molar-refractivity contribution in [1.29, 1.82) is 0 Å². The van der Waals surface area contributed by atoms with E-state index < -0.39 is 0 Å². The molecule has 1 aromatic heterocycles.